The summed E-state index contributed by atoms with van der Waals surface area (Å²) in [4.78, 5) is 2.72. The van der Waals surface area contributed by atoms with Crippen molar-refractivity contribution in [1.29, 1.82) is 0 Å². The predicted octanol–water partition coefficient (Wildman–Crippen LogP) is 2.68. The Bertz CT molecular complexity index is 406. The molecule has 0 aromatic carbocycles. The van der Waals surface area contributed by atoms with Gasteiger partial charge in [-0.3, -0.25) is 4.68 Å². The molecule has 3 rings (SSSR count). The summed E-state index contributed by atoms with van der Waals surface area (Å²) in [6.07, 6.45) is 10.1. The summed E-state index contributed by atoms with van der Waals surface area (Å²) in [5, 5.41) is 4.36. The van der Waals surface area contributed by atoms with Crippen LogP contribution in [0, 0.1) is 5.92 Å². The van der Waals surface area contributed by atoms with Crippen molar-refractivity contribution in [3.63, 3.8) is 0 Å². The fraction of sp³-hybridized carbons (Fsp3) is 0.800. The molecule has 2 aliphatic rings. The van der Waals surface area contributed by atoms with Gasteiger partial charge >= 0.3 is 0 Å². The summed E-state index contributed by atoms with van der Waals surface area (Å²) >= 11 is 0. The van der Waals surface area contributed by atoms with E-state index in [0.717, 1.165) is 12.0 Å². The molecule has 1 aromatic rings. The molecule has 1 aliphatic carbocycles. The molecule has 1 aromatic heterocycles. The maximum Gasteiger partial charge on any atom is 0.145 e. The molecule has 0 amide bonds. The molecule has 4 heteroatoms. The number of piperidine rings is 1. The summed E-state index contributed by atoms with van der Waals surface area (Å²) < 4.78 is 2.07. The molecule has 2 fully saturated rings. The number of aromatic nitrogens is 2. The van der Waals surface area contributed by atoms with E-state index in [0.29, 0.717) is 11.9 Å². The molecular formula is C15H26N4. The van der Waals surface area contributed by atoms with Gasteiger partial charge in [-0.25, -0.2) is 0 Å². The van der Waals surface area contributed by atoms with Crippen molar-refractivity contribution in [3.05, 3.63) is 12.3 Å². The number of nitrogens with two attached hydrogens (primary N) is 1. The Labute approximate surface area is 116 Å². The average Bonchev–Trinajstić information content (AvgIpc) is 2.86. The van der Waals surface area contributed by atoms with Crippen LogP contribution in [0.3, 0.4) is 0 Å². The molecule has 2 atom stereocenters. The monoisotopic (exact) mass is 262 g/mol. The summed E-state index contributed by atoms with van der Waals surface area (Å²) in [5.41, 5.74) is 5.70. The molecule has 106 valence electrons. The lowest BCUT2D eigenvalue weighted by molar-refractivity contribution is 0.0921. The van der Waals surface area contributed by atoms with Gasteiger partial charge in [-0.15, -0.1) is 0 Å². The lowest BCUT2D eigenvalue weighted by atomic mass is 9.85. The smallest absolute Gasteiger partial charge is 0.145 e. The van der Waals surface area contributed by atoms with Crippen molar-refractivity contribution in [2.75, 3.05) is 18.8 Å². The Morgan fingerprint density at radius 1 is 1.16 bits per heavy atom. The van der Waals surface area contributed by atoms with Gasteiger partial charge in [-0.05, 0) is 37.7 Å². The fourth-order valence-electron chi connectivity index (χ4n) is 3.81. The van der Waals surface area contributed by atoms with E-state index in [4.69, 9.17) is 5.73 Å². The highest BCUT2D eigenvalue weighted by Gasteiger charge is 2.28. The van der Waals surface area contributed by atoms with Crippen LogP contribution >= 0.6 is 0 Å². The zero-order valence-corrected chi connectivity index (χ0v) is 12.0. The number of hydrogen-bond acceptors (Lipinski definition) is 3. The highest BCUT2D eigenvalue weighted by atomic mass is 15.3. The normalized spacial score (nSPS) is 30.6. The molecule has 1 saturated carbocycles. The van der Waals surface area contributed by atoms with Crippen LogP contribution in [0.2, 0.25) is 0 Å². The first-order valence-corrected chi connectivity index (χ1v) is 7.77. The zero-order chi connectivity index (χ0) is 13.2. The SMILES string of the molecule is CC1CCCC(N2CCC(n3ccc(N)n3)CC2)C1. The summed E-state index contributed by atoms with van der Waals surface area (Å²) in [7, 11) is 0. The van der Waals surface area contributed by atoms with E-state index in [1.54, 1.807) is 0 Å². The molecule has 0 spiro atoms. The quantitative estimate of drug-likeness (QED) is 0.891. The third kappa shape index (κ3) is 2.94. The van der Waals surface area contributed by atoms with Gasteiger partial charge in [0.15, 0.2) is 0 Å². The Kier molecular flexibility index (Phi) is 3.78. The van der Waals surface area contributed by atoms with E-state index in [9.17, 15) is 0 Å². The van der Waals surface area contributed by atoms with Crippen molar-refractivity contribution in [2.24, 2.45) is 5.92 Å². The highest BCUT2D eigenvalue weighted by Crippen LogP contribution is 2.31. The van der Waals surface area contributed by atoms with E-state index >= 15 is 0 Å². The number of rotatable bonds is 2. The maximum absolute atomic E-state index is 5.70. The summed E-state index contributed by atoms with van der Waals surface area (Å²) in [6.45, 7) is 4.86. The van der Waals surface area contributed by atoms with E-state index in [1.807, 2.05) is 12.3 Å². The van der Waals surface area contributed by atoms with Crippen LogP contribution in [-0.2, 0) is 0 Å². The molecule has 2 heterocycles. The standard InChI is InChI=1S/C15H26N4/c1-12-3-2-4-14(11-12)18-8-5-13(6-9-18)19-10-7-15(16)17-19/h7,10,12-14H,2-6,8-9,11H2,1H3,(H2,16,17). The lowest BCUT2D eigenvalue weighted by Gasteiger charge is -2.40. The Morgan fingerprint density at radius 3 is 2.58 bits per heavy atom. The minimum atomic E-state index is 0.551. The Morgan fingerprint density at radius 2 is 1.95 bits per heavy atom. The van der Waals surface area contributed by atoms with Crippen LogP contribution in [0.5, 0.6) is 0 Å². The Balaban J connectivity index is 1.54. The van der Waals surface area contributed by atoms with Gasteiger partial charge in [0, 0.05) is 25.3 Å². The number of hydrogen-bond donors (Lipinski definition) is 1. The van der Waals surface area contributed by atoms with Gasteiger partial charge in [-0.1, -0.05) is 19.8 Å². The van der Waals surface area contributed by atoms with Crippen molar-refractivity contribution >= 4 is 5.82 Å². The second-order valence-electron chi connectivity index (χ2n) is 6.41. The molecule has 1 saturated heterocycles. The second kappa shape index (κ2) is 5.53. The number of anilines is 1. The van der Waals surface area contributed by atoms with E-state index in [1.165, 1.54) is 51.6 Å². The highest BCUT2D eigenvalue weighted by molar-refractivity contribution is 5.24. The van der Waals surface area contributed by atoms with Crippen molar-refractivity contribution in [3.8, 4) is 0 Å². The molecule has 2 unspecified atom stereocenters. The minimum Gasteiger partial charge on any atom is -0.382 e. The third-order valence-corrected chi connectivity index (χ3v) is 4.93. The maximum atomic E-state index is 5.70. The van der Waals surface area contributed by atoms with Crippen LogP contribution in [0.1, 0.15) is 51.5 Å². The van der Waals surface area contributed by atoms with Crippen molar-refractivity contribution < 1.29 is 0 Å². The first-order chi connectivity index (χ1) is 9.22. The fourth-order valence-corrected chi connectivity index (χ4v) is 3.81. The minimum absolute atomic E-state index is 0.551. The largest absolute Gasteiger partial charge is 0.382 e. The van der Waals surface area contributed by atoms with Crippen LogP contribution in [0.15, 0.2) is 12.3 Å². The van der Waals surface area contributed by atoms with Gasteiger partial charge < -0.3 is 10.6 Å². The van der Waals surface area contributed by atoms with Crippen LogP contribution < -0.4 is 5.73 Å². The molecule has 4 nitrogen and oxygen atoms in total. The lowest BCUT2D eigenvalue weighted by Crippen LogP contribution is -2.43. The molecular weight excluding hydrogens is 236 g/mol. The van der Waals surface area contributed by atoms with E-state index in [-0.39, 0.29) is 0 Å². The van der Waals surface area contributed by atoms with Crippen molar-refractivity contribution in [1.82, 2.24) is 14.7 Å². The van der Waals surface area contributed by atoms with Gasteiger partial charge in [-0.2, -0.15) is 5.10 Å². The van der Waals surface area contributed by atoms with Crippen LogP contribution in [0.25, 0.3) is 0 Å². The third-order valence-electron chi connectivity index (χ3n) is 4.93. The van der Waals surface area contributed by atoms with E-state index in [2.05, 4.69) is 21.6 Å². The molecule has 2 N–H and O–H groups in total. The average molecular weight is 262 g/mol. The van der Waals surface area contributed by atoms with Crippen LogP contribution in [-0.4, -0.2) is 33.8 Å². The molecule has 1 aliphatic heterocycles. The van der Waals surface area contributed by atoms with Gasteiger partial charge in [0.2, 0.25) is 0 Å². The molecule has 0 bridgehead atoms. The van der Waals surface area contributed by atoms with Gasteiger partial charge in [0.1, 0.15) is 5.82 Å². The van der Waals surface area contributed by atoms with Gasteiger partial charge in [0.05, 0.1) is 6.04 Å². The zero-order valence-electron chi connectivity index (χ0n) is 12.0. The predicted molar refractivity (Wildman–Crippen MR) is 77.9 cm³/mol. The molecule has 19 heavy (non-hydrogen) atoms. The first kappa shape index (κ1) is 13.0. The van der Waals surface area contributed by atoms with Crippen LogP contribution in [0.4, 0.5) is 5.82 Å². The Hall–Kier alpha value is -1.03. The van der Waals surface area contributed by atoms with E-state index < -0.39 is 0 Å². The number of nitrogens with zero attached hydrogens (tertiary/aromatic N) is 3. The van der Waals surface area contributed by atoms with Gasteiger partial charge in [0.25, 0.3) is 0 Å². The second-order valence-corrected chi connectivity index (χ2v) is 6.41. The first-order valence-electron chi connectivity index (χ1n) is 7.77. The number of likely N-dealkylation sites (tertiary alicyclic amines) is 1. The molecule has 0 radical (unpaired) electrons. The number of nitrogen functional groups attached to an aromatic ring is 1. The summed E-state index contributed by atoms with van der Waals surface area (Å²) in [5.74, 6) is 1.56. The summed E-state index contributed by atoms with van der Waals surface area (Å²) in [6, 6.07) is 3.29. The topological polar surface area (TPSA) is 47.1 Å². The van der Waals surface area contributed by atoms with Crippen molar-refractivity contribution in [2.45, 2.75) is 57.5 Å².